The number of aromatic nitrogens is 4. The van der Waals surface area contributed by atoms with Gasteiger partial charge in [-0.05, 0) is 49.7 Å². The summed E-state index contributed by atoms with van der Waals surface area (Å²) in [6.07, 6.45) is 2.18. The van der Waals surface area contributed by atoms with Gasteiger partial charge in [0.15, 0.2) is 10.8 Å². The lowest BCUT2D eigenvalue weighted by Gasteiger charge is -2.18. The highest BCUT2D eigenvalue weighted by Crippen LogP contribution is 2.27. The van der Waals surface area contributed by atoms with E-state index in [1.165, 1.54) is 11.8 Å². The van der Waals surface area contributed by atoms with Crippen molar-refractivity contribution in [2.45, 2.75) is 37.2 Å². The number of aryl methyl sites for hydroxylation is 1. The number of nitrogens with one attached hydrogen (secondary N) is 3. The number of aromatic amines is 1. The summed E-state index contributed by atoms with van der Waals surface area (Å²) in [5.74, 6) is 0.580. The number of hydrogen-bond donors (Lipinski definition) is 3. The van der Waals surface area contributed by atoms with E-state index in [1.807, 2.05) is 44.2 Å². The number of nitrogens with zero attached hydrogens (tertiary/aromatic N) is 3. The Morgan fingerprint density at radius 1 is 1.35 bits per heavy atom. The molecule has 0 saturated heterocycles. The van der Waals surface area contributed by atoms with Gasteiger partial charge in [-0.1, -0.05) is 34.6 Å². The normalized spacial score (nSPS) is 12.2. The molecule has 0 aliphatic carbocycles. The van der Waals surface area contributed by atoms with E-state index in [2.05, 4.69) is 36.4 Å². The molecule has 1 unspecified atom stereocenters. The maximum absolute atomic E-state index is 12.8. The molecule has 10 heteroatoms. The fourth-order valence-electron chi connectivity index (χ4n) is 3.19. The van der Waals surface area contributed by atoms with Crippen LogP contribution in [0.3, 0.4) is 0 Å². The zero-order valence-corrected chi connectivity index (χ0v) is 19.4. The number of furan rings is 1. The molecule has 0 fully saturated rings. The van der Waals surface area contributed by atoms with Gasteiger partial charge in [-0.15, -0.1) is 0 Å². The molecule has 160 valence electrons. The van der Waals surface area contributed by atoms with Crippen molar-refractivity contribution in [3.63, 3.8) is 0 Å². The highest BCUT2D eigenvalue weighted by molar-refractivity contribution is 9.10. The molecule has 0 radical (unpaired) electrons. The Morgan fingerprint density at radius 2 is 2.13 bits per heavy atom. The third kappa shape index (κ3) is 4.45. The van der Waals surface area contributed by atoms with E-state index in [-0.39, 0.29) is 16.6 Å². The predicted octanol–water partition coefficient (Wildman–Crippen LogP) is 4.08. The number of carbonyl (C=O) groups excluding carboxylic acids is 1. The standard InChI is InChI=1S/C21H21BrN6O2S/c1-3-16(20(29)24-11-15-5-4-10-30-15)31-21-25-19-17(12(2)26-27-19)18(23)28(21)14-8-6-13(22)7-9-14/h4-10,16,23H,3,11H2,1-2H3,(H,24,29)(H,26,27). The van der Waals surface area contributed by atoms with E-state index < -0.39 is 0 Å². The van der Waals surface area contributed by atoms with Crippen LogP contribution >= 0.6 is 27.7 Å². The van der Waals surface area contributed by atoms with Crippen molar-refractivity contribution in [1.82, 2.24) is 25.1 Å². The zero-order valence-electron chi connectivity index (χ0n) is 17.0. The first-order chi connectivity index (χ1) is 15.0. The van der Waals surface area contributed by atoms with E-state index in [9.17, 15) is 4.79 Å². The Hall–Kier alpha value is -2.85. The molecule has 0 bridgehead atoms. The number of thioether (sulfide) groups is 1. The van der Waals surface area contributed by atoms with E-state index in [4.69, 9.17) is 9.83 Å². The van der Waals surface area contributed by atoms with Gasteiger partial charge in [-0.3, -0.25) is 19.9 Å². The van der Waals surface area contributed by atoms with Gasteiger partial charge in [-0.25, -0.2) is 4.98 Å². The third-order valence-electron chi connectivity index (χ3n) is 4.79. The molecule has 3 aromatic heterocycles. The number of fused-ring (bicyclic) bond motifs is 1. The van der Waals surface area contributed by atoms with Crippen LogP contribution in [0, 0.1) is 12.3 Å². The summed E-state index contributed by atoms with van der Waals surface area (Å²) < 4.78 is 7.98. The van der Waals surface area contributed by atoms with Crippen molar-refractivity contribution in [3.05, 3.63) is 64.1 Å². The van der Waals surface area contributed by atoms with Gasteiger partial charge in [0.25, 0.3) is 0 Å². The average molecular weight is 501 g/mol. The first kappa shape index (κ1) is 21.4. The molecular formula is C21H21BrN6O2S. The van der Waals surface area contributed by atoms with E-state index in [0.29, 0.717) is 34.9 Å². The van der Waals surface area contributed by atoms with Crippen molar-refractivity contribution in [2.24, 2.45) is 0 Å². The molecule has 0 spiro atoms. The van der Waals surface area contributed by atoms with Crippen molar-refractivity contribution in [3.8, 4) is 5.69 Å². The van der Waals surface area contributed by atoms with Gasteiger partial charge in [0, 0.05) is 15.9 Å². The fraction of sp³-hybridized carbons (Fsp3) is 0.238. The molecule has 4 aromatic rings. The van der Waals surface area contributed by atoms with Crippen molar-refractivity contribution >= 4 is 44.6 Å². The number of halogens is 1. The fourth-order valence-corrected chi connectivity index (χ4v) is 4.51. The van der Waals surface area contributed by atoms with Crippen LogP contribution in [0.1, 0.15) is 24.8 Å². The first-order valence-corrected chi connectivity index (χ1v) is 11.4. The Labute approximate surface area is 191 Å². The number of rotatable bonds is 7. The van der Waals surface area contributed by atoms with Crippen LogP contribution in [-0.2, 0) is 11.3 Å². The van der Waals surface area contributed by atoms with Crippen LogP contribution in [0.25, 0.3) is 16.7 Å². The van der Waals surface area contributed by atoms with Crippen LogP contribution < -0.4 is 10.8 Å². The summed E-state index contributed by atoms with van der Waals surface area (Å²) in [7, 11) is 0. The minimum Gasteiger partial charge on any atom is -0.467 e. The van der Waals surface area contributed by atoms with Crippen LogP contribution in [0.4, 0.5) is 0 Å². The summed E-state index contributed by atoms with van der Waals surface area (Å²) >= 11 is 4.77. The van der Waals surface area contributed by atoms with Crippen LogP contribution in [-0.4, -0.2) is 30.9 Å². The molecule has 1 atom stereocenters. The molecule has 8 nitrogen and oxygen atoms in total. The molecule has 31 heavy (non-hydrogen) atoms. The molecule has 4 rings (SSSR count). The van der Waals surface area contributed by atoms with Crippen molar-refractivity contribution in [2.75, 3.05) is 0 Å². The van der Waals surface area contributed by atoms with Crippen molar-refractivity contribution < 1.29 is 9.21 Å². The molecule has 1 amide bonds. The molecule has 0 aliphatic rings. The summed E-state index contributed by atoms with van der Waals surface area (Å²) in [6.45, 7) is 4.14. The number of hydrogen-bond acceptors (Lipinski definition) is 6. The smallest absolute Gasteiger partial charge is 0.233 e. The first-order valence-electron chi connectivity index (χ1n) is 9.73. The minimum absolute atomic E-state index is 0.113. The van der Waals surface area contributed by atoms with Crippen LogP contribution in [0.5, 0.6) is 0 Å². The Bertz CT molecular complexity index is 1260. The monoisotopic (exact) mass is 500 g/mol. The van der Waals surface area contributed by atoms with E-state index >= 15 is 0 Å². The highest BCUT2D eigenvalue weighted by atomic mass is 79.9. The van der Waals surface area contributed by atoms with Gasteiger partial charge >= 0.3 is 0 Å². The highest BCUT2D eigenvalue weighted by Gasteiger charge is 2.23. The summed E-state index contributed by atoms with van der Waals surface area (Å²) in [6, 6.07) is 11.2. The molecule has 3 heterocycles. The third-order valence-corrected chi connectivity index (χ3v) is 6.64. The average Bonchev–Trinajstić information content (AvgIpc) is 3.41. The second kappa shape index (κ2) is 9.11. The molecular weight excluding hydrogens is 480 g/mol. The maximum atomic E-state index is 12.8. The van der Waals surface area contributed by atoms with E-state index in [0.717, 1.165) is 15.9 Å². The number of benzene rings is 1. The van der Waals surface area contributed by atoms with Gasteiger partial charge in [0.2, 0.25) is 5.91 Å². The second-order valence-electron chi connectivity index (χ2n) is 6.91. The molecule has 1 aromatic carbocycles. The Balaban J connectivity index is 1.71. The predicted molar refractivity (Wildman–Crippen MR) is 122 cm³/mol. The lowest BCUT2D eigenvalue weighted by atomic mass is 10.3. The van der Waals surface area contributed by atoms with Crippen LogP contribution in [0.2, 0.25) is 0 Å². The summed E-state index contributed by atoms with van der Waals surface area (Å²) in [5.41, 5.74) is 2.30. The topological polar surface area (TPSA) is 113 Å². The van der Waals surface area contributed by atoms with E-state index in [1.54, 1.807) is 16.9 Å². The minimum atomic E-state index is -0.388. The quantitative estimate of drug-likeness (QED) is 0.261. The lowest BCUT2D eigenvalue weighted by Crippen LogP contribution is -2.32. The van der Waals surface area contributed by atoms with Crippen molar-refractivity contribution in [1.29, 1.82) is 5.41 Å². The van der Waals surface area contributed by atoms with Gasteiger partial charge in [0.1, 0.15) is 11.2 Å². The maximum Gasteiger partial charge on any atom is 0.233 e. The summed E-state index contributed by atoms with van der Waals surface area (Å²) in [5, 5.41) is 19.7. The molecule has 0 saturated carbocycles. The zero-order chi connectivity index (χ0) is 22.0. The molecule has 0 aliphatic heterocycles. The molecule has 3 N–H and O–H groups in total. The van der Waals surface area contributed by atoms with Gasteiger partial charge in [-0.2, -0.15) is 5.10 Å². The van der Waals surface area contributed by atoms with Gasteiger partial charge < -0.3 is 9.73 Å². The Morgan fingerprint density at radius 3 is 2.81 bits per heavy atom. The van der Waals surface area contributed by atoms with Crippen LogP contribution in [0.15, 0.2) is 56.7 Å². The van der Waals surface area contributed by atoms with Gasteiger partial charge in [0.05, 0.1) is 23.4 Å². The lowest BCUT2D eigenvalue weighted by molar-refractivity contribution is -0.120. The largest absolute Gasteiger partial charge is 0.467 e. The second-order valence-corrected chi connectivity index (χ2v) is 9.00. The Kier molecular flexibility index (Phi) is 6.28. The number of amides is 1. The summed E-state index contributed by atoms with van der Waals surface area (Å²) in [4.78, 5) is 17.5. The number of H-pyrrole nitrogens is 1. The number of carbonyl (C=O) groups is 1. The SMILES string of the molecule is CCC(Sc1nc2n[nH]c(C)c2c(=N)n1-c1ccc(Br)cc1)C(=O)NCc1ccco1.